The van der Waals surface area contributed by atoms with Crippen molar-refractivity contribution in [2.75, 3.05) is 37.1 Å². The molecular formula is C58H66N16O7. The van der Waals surface area contributed by atoms with E-state index in [0.717, 1.165) is 66.5 Å². The predicted molar refractivity (Wildman–Crippen MR) is 298 cm³/mol. The van der Waals surface area contributed by atoms with Crippen LogP contribution in [-0.4, -0.2) is 127 Å². The minimum Gasteiger partial charge on any atom is -0.484 e. The molecule has 7 heterocycles. The Bertz CT molecular complexity index is 3360. The largest absolute Gasteiger partial charge is 0.484 e. The van der Waals surface area contributed by atoms with Crippen LogP contribution in [0.4, 0.5) is 11.4 Å². The number of aliphatic hydroxyl groups is 1. The van der Waals surface area contributed by atoms with Crippen molar-refractivity contribution < 1.29 is 33.6 Å². The SMILES string of the molecule is CCc1cnccc1CNC(=O)c1cccc(NCc2nnc(-c3ccncn3)n2CCOC2CCCCC2Oc2cncnc2-c2nnc(CNc3cccc(C(=O)NCc4ccncc4CC)c3)n2CCOC2COCC2O)c1. The molecule has 1 aliphatic carbocycles. The van der Waals surface area contributed by atoms with Crippen molar-refractivity contribution in [1.82, 2.24) is 70.1 Å². The highest BCUT2D eigenvalue weighted by Gasteiger charge is 2.31. The molecule has 420 valence electrons. The van der Waals surface area contributed by atoms with E-state index in [4.69, 9.17) is 23.9 Å². The number of anilines is 2. The fraction of sp³-hybridized carbons (Fsp3) is 0.379. The summed E-state index contributed by atoms with van der Waals surface area (Å²) in [5.41, 5.74) is 7.76. The lowest BCUT2D eigenvalue weighted by Gasteiger charge is -2.32. The van der Waals surface area contributed by atoms with Crippen LogP contribution in [0, 0.1) is 0 Å². The normalized spacial score (nSPS) is 16.9. The van der Waals surface area contributed by atoms with Gasteiger partial charge in [0, 0.05) is 79.7 Å². The van der Waals surface area contributed by atoms with Crippen LogP contribution in [0.5, 0.6) is 5.75 Å². The van der Waals surface area contributed by atoms with E-state index >= 15 is 0 Å². The van der Waals surface area contributed by atoms with Gasteiger partial charge < -0.3 is 54.5 Å². The van der Waals surface area contributed by atoms with E-state index in [-0.39, 0.29) is 43.8 Å². The lowest BCUT2D eigenvalue weighted by atomic mass is 9.94. The van der Waals surface area contributed by atoms with Crippen molar-refractivity contribution in [3.63, 3.8) is 0 Å². The van der Waals surface area contributed by atoms with Gasteiger partial charge >= 0.3 is 0 Å². The fourth-order valence-electron chi connectivity index (χ4n) is 9.94. The average molecular weight is 1100 g/mol. The minimum atomic E-state index is -0.729. The number of nitrogens with one attached hydrogen (secondary N) is 4. The van der Waals surface area contributed by atoms with Crippen LogP contribution >= 0.6 is 0 Å². The first-order valence-electron chi connectivity index (χ1n) is 27.5. The first kappa shape index (κ1) is 55.7. The lowest BCUT2D eigenvalue weighted by Crippen LogP contribution is -2.38. The Morgan fingerprint density at radius 1 is 0.617 bits per heavy atom. The third-order valence-electron chi connectivity index (χ3n) is 14.4. The Balaban J connectivity index is 0.812. The quantitative estimate of drug-likeness (QED) is 0.0418. The van der Waals surface area contributed by atoms with Gasteiger partial charge in [0.05, 0.1) is 51.8 Å². The molecule has 1 saturated carbocycles. The van der Waals surface area contributed by atoms with E-state index in [2.05, 4.69) is 80.4 Å². The van der Waals surface area contributed by atoms with E-state index in [1.165, 1.54) is 12.7 Å². The number of hydrogen-bond acceptors (Lipinski definition) is 19. The van der Waals surface area contributed by atoms with E-state index in [0.29, 0.717) is 103 Å². The second-order valence-corrected chi connectivity index (χ2v) is 19.6. The van der Waals surface area contributed by atoms with Gasteiger partial charge in [-0.1, -0.05) is 32.4 Å². The van der Waals surface area contributed by atoms with Crippen LogP contribution in [-0.2, 0) is 66.3 Å². The molecule has 0 bridgehead atoms. The van der Waals surface area contributed by atoms with Crippen LogP contribution in [0.15, 0.2) is 117 Å². The van der Waals surface area contributed by atoms with Crippen molar-refractivity contribution in [2.24, 2.45) is 0 Å². The van der Waals surface area contributed by atoms with E-state index in [9.17, 15) is 14.7 Å². The molecule has 1 aliphatic heterocycles. The third-order valence-corrected chi connectivity index (χ3v) is 14.4. The molecule has 2 aliphatic rings. The molecule has 4 unspecified atom stereocenters. The molecule has 2 aromatic carbocycles. The van der Waals surface area contributed by atoms with Crippen molar-refractivity contribution in [1.29, 1.82) is 0 Å². The molecule has 2 amide bonds. The molecule has 5 N–H and O–H groups in total. The van der Waals surface area contributed by atoms with Gasteiger partial charge in [-0.2, -0.15) is 0 Å². The van der Waals surface area contributed by atoms with Crippen LogP contribution in [0.25, 0.3) is 23.0 Å². The third kappa shape index (κ3) is 14.2. The first-order chi connectivity index (χ1) is 39.8. The van der Waals surface area contributed by atoms with E-state index in [1.807, 2.05) is 64.0 Å². The van der Waals surface area contributed by atoms with Gasteiger partial charge in [-0.3, -0.25) is 19.6 Å². The van der Waals surface area contributed by atoms with Crippen LogP contribution in [0.2, 0.25) is 0 Å². The maximum absolute atomic E-state index is 13.3. The van der Waals surface area contributed by atoms with Gasteiger partial charge in [-0.25, -0.2) is 19.9 Å². The second-order valence-electron chi connectivity index (χ2n) is 19.6. The van der Waals surface area contributed by atoms with Gasteiger partial charge in [0.25, 0.3) is 11.8 Å². The number of aliphatic hydroxyl groups excluding tert-OH is 1. The number of aromatic nitrogens is 12. The second kappa shape index (κ2) is 27.5. The summed E-state index contributed by atoms with van der Waals surface area (Å²) in [6.07, 6.45) is 16.6. The minimum absolute atomic E-state index is 0.184. The highest BCUT2D eigenvalue weighted by Crippen LogP contribution is 2.32. The molecule has 4 atom stereocenters. The summed E-state index contributed by atoms with van der Waals surface area (Å²) in [6.45, 7) is 7.21. The molecule has 6 aromatic heterocycles. The number of amides is 2. The molecule has 2 fully saturated rings. The molecule has 1 saturated heterocycles. The first-order valence-corrected chi connectivity index (χ1v) is 27.5. The van der Waals surface area contributed by atoms with Gasteiger partial charge in [0.1, 0.15) is 36.7 Å². The molecule has 10 rings (SSSR count). The number of hydrogen-bond donors (Lipinski definition) is 5. The van der Waals surface area contributed by atoms with Gasteiger partial charge in [-0.15, -0.1) is 20.4 Å². The molecule has 23 nitrogen and oxygen atoms in total. The summed E-state index contributed by atoms with van der Waals surface area (Å²) >= 11 is 0. The zero-order valence-corrected chi connectivity index (χ0v) is 45.4. The van der Waals surface area contributed by atoms with Gasteiger partial charge in [-0.05, 0) is 109 Å². The summed E-state index contributed by atoms with van der Waals surface area (Å²) < 4.78 is 29.0. The fourth-order valence-corrected chi connectivity index (χ4v) is 9.94. The number of aryl methyl sites for hydroxylation is 2. The van der Waals surface area contributed by atoms with Crippen LogP contribution in [0.3, 0.4) is 0 Å². The number of nitrogens with zero attached hydrogens (tertiary/aromatic N) is 12. The van der Waals surface area contributed by atoms with Crippen molar-refractivity contribution in [3.8, 4) is 28.8 Å². The summed E-state index contributed by atoms with van der Waals surface area (Å²) in [7, 11) is 0. The smallest absolute Gasteiger partial charge is 0.251 e. The number of rotatable bonds is 26. The molecular weight excluding hydrogens is 1030 g/mol. The topological polar surface area (TPSA) is 278 Å². The lowest BCUT2D eigenvalue weighted by molar-refractivity contribution is -0.0497. The average Bonchev–Trinajstić information content (AvgIpc) is 4.26. The van der Waals surface area contributed by atoms with E-state index < -0.39 is 12.2 Å². The summed E-state index contributed by atoms with van der Waals surface area (Å²) in [5.74, 6) is 2.25. The summed E-state index contributed by atoms with van der Waals surface area (Å²) in [6, 6.07) is 20.3. The maximum atomic E-state index is 13.3. The Kier molecular flexibility index (Phi) is 18.9. The molecule has 81 heavy (non-hydrogen) atoms. The number of pyridine rings is 2. The van der Waals surface area contributed by atoms with Crippen molar-refractivity contribution in [2.45, 2.75) is 116 Å². The maximum Gasteiger partial charge on any atom is 0.251 e. The molecule has 0 spiro atoms. The Labute approximate surface area is 468 Å². The Morgan fingerprint density at radius 3 is 1.79 bits per heavy atom. The van der Waals surface area contributed by atoms with E-state index in [1.54, 1.807) is 49.1 Å². The van der Waals surface area contributed by atoms with Gasteiger partial charge in [0.15, 0.2) is 34.7 Å². The molecule has 0 radical (unpaired) electrons. The van der Waals surface area contributed by atoms with Crippen LogP contribution in [0.1, 0.15) is 94.1 Å². The Hall–Kier alpha value is -8.64. The summed E-state index contributed by atoms with van der Waals surface area (Å²) in [4.78, 5) is 52.7. The predicted octanol–water partition coefficient (Wildman–Crippen LogP) is 5.97. The van der Waals surface area contributed by atoms with Crippen LogP contribution < -0.4 is 26.0 Å². The van der Waals surface area contributed by atoms with Gasteiger partial charge in [0.2, 0.25) is 0 Å². The number of carbonyl (C=O) groups is 2. The number of benzene rings is 2. The number of carbonyl (C=O) groups excluding carboxylic acids is 2. The van der Waals surface area contributed by atoms with Crippen molar-refractivity contribution >= 4 is 23.2 Å². The monoisotopic (exact) mass is 1100 g/mol. The highest BCUT2D eigenvalue weighted by atomic mass is 16.6. The van der Waals surface area contributed by atoms with Crippen molar-refractivity contribution in [3.05, 3.63) is 162 Å². The molecule has 8 aromatic rings. The molecule has 23 heteroatoms. The zero-order valence-electron chi connectivity index (χ0n) is 45.4. The zero-order chi connectivity index (χ0) is 55.8. The Morgan fingerprint density at radius 2 is 1.20 bits per heavy atom. The summed E-state index contributed by atoms with van der Waals surface area (Å²) in [5, 5.41) is 41.8. The standard InChI is InChI=1S/C58H66N16O7/c1-3-38-27-59-18-15-42(38)29-65-57(76)40-9-7-11-44(25-40)63-32-52-69-71-55(46-17-20-61-36-67-46)73(52)21-23-79-48-13-5-6-14-49(48)81-50-31-62-37-68-54(50)56-72-70-53(74(56)22-24-80-51-35-78-34-47(51)75)33-64-45-12-8-10-41(26-45)58(77)66-30-43-16-19-60-28-39(43)4-2/h7-12,15-20,25-28,31,36-37,47-49,51,63-64,75H,3-6,13-14,21-24,29-30,32-35H2,1-2H3,(H,65,76)(H,66,77). The number of ether oxygens (including phenoxy) is 4. The highest BCUT2D eigenvalue weighted by molar-refractivity contribution is 5.95.